The van der Waals surface area contributed by atoms with Crippen molar-refractivity contribution in [1.29, 1.82) is 5.26 Å². The third kappa shape index (κ3) is 2.64. The number of hydrogen-bond acceptors (Lipinski definition) is 6. The standard InChI is InChI=1S/C17H13N3O3/c1-9-6-16(21)23-15-7-12(4-5-13(9)15)22-17-14(8-18)10(2)11(3)19-20-17/h4-7H,1-3H3. The molecular weight excluding hydrogens is 294 g/mol. The fraction of sp³-hybridized carbons (Fsp3) is 0.176. The number of nitriles is 1. The molecule has 0 atom stereocenters. The van der Waals surface area contributed by atoms with Crippen molar-refractivity contribution in [2.24, 2.45) is 0 Å². The van der Waals surface area contributed by atoms with E-state index in [2.05, 4.69) is 16.3 Å². The molecular formula is C17H13N3O3. The highest BCUT2D eigenvalue weighted by atomic mass is 16.5. The van der Waals surface area contributed by atoms with Crippen LogP contribution in [0.3, 0.4) is 0 Å². The number of ether oxygens (including phenoxy) is 1. The number of hydrogen-bond donors (Lipinski definition) is 0. The zero-order chi connectivity index (χ0) is 16.6. The van der Waals surface area contributed by atoms with Gasteiger partial charge in [-0.05, 0) is 44.0 Å². The number of fused-ring (bicyclic) bond motifs is 1. The maximum absolute atomic E-state index is 11.5. The second-order valence-electron chi connectivity index (χ2n) is 5.21. The molecule has 0 aliphatic carbocycles. The molecule has 6 heteroatoms. The molecule has 0 aliphatic heterocycles. The highest BCUT2D eigenvalue weighted by Crippen LogP contribution is 2.28. The molecule has 0 aliphatic rings. The van der Waals surface area contributed by atoms with Gasteiger partial charge in [-0.1, -0.05) is 0 Å². The normalized spacial score (nSPS) is 10.5. The summed E-state index contributed by atoms with van der Waals surface area (Å²) < 4.78 is 10.8. The predicted molar refractivity (Wildman–Crippen MR) is 83.5 cm³/mol. The Balaban J connectivity index is 2.08. The lowest BCUT2D eigenvalue weighted by atomic mass is 10.1. The molecule has 0 unspecified atom stereocenters. The van der Waals surface area contributed by atoms with Crippen molar-refractivity contribution in [2.45, 2.75) is 20.8 Å². The molecule has 2 aromatic heterocycles. The Morgan fingerprint density at radius 3 is 2.70 bits per heavy atom. The van der Waals surface area contributed by atoms with Crippen LogP contribution in [0.15, 0.2) is 33.5 Å². The minimum atomic E-state index is -0.421. The van der Waals surface area contributed by atoms with E-state index in [0.717, 1.165) is 16.5 Å². The molecule has 0 fully saturated rings. The molecule has 0 spiro atoms. The van der Waals surface area contributed by atoms with Crippen molar-refractivity contribution >= 4 is 11.0 Å². The van der Waals surface area contributed by atoms with Crippen molar-refractivity contribution in [3.8, 4) is 17.7 Å². The maximum Gasteiger partial charge on any atom is 0.336 e. The quantitative estimate of drug-likeness (QED) is 0.675. The van der Waals surface area contributed by atoms with Crippen molar-refractivity contribution < 1.29 is 9.15 Å². The summed E-state index contributed by atoms with van der Waals surface area (Å²) in [6, 6.07) is 8.64. The summed E-state index contributed by atoms with van der Waals surface area (Å²) >= 11 is 0. The summed E-state index contributed by atoms with van der Waals surface area (Å²) in [5, 5.41) is 18.0. The first-order valence-electron chi connectivity index (χ1n) is 6.96. The van der Waals surface area contributed by atoms with Crippen LogP contribution in [0.2, 0.25) is 0 Å². The Labute approximate surface area is 132 Å². The Kier molecular flexibility index (Phi) is 3.54. The molecule has 3 aromatic rings. The second-order valence-corrected chi connectivity index (χ2v) is 5.21. The van der Waals surface area contributed by atoms with Crippen molar-refractivity contribution in [2.75, 3.05) is 0 Å². The van der Waals surface area contributed by atoms with Crippen molar-refractivity contribution in [3.63, 3.8) is 0 Å². The average molecular weight is 307 g/mol. The second kappa shape index (κ2) is 5.54. The Morgan fingerprint density at radius 1 is 1.17 bits per heavy atom. The van der Waals surface area contributed by atoms with Crippen molar-refractivity contribution in [3.05, 3.63) is 57.1 Å². The Morgan fingerprint density at radius 2 is 1.96 bits per heavy atom. The van der Waals surface area contributed by atoms with Crippen LogP contribution in [0.1, 0.15) is 22.4 Å². The monoisotopic (exact) mass is 307 g/mol. The summed E-state index contributed by atoms with van der Waals surface area (Å²) in [7, 11) is 0. The molecule has 3 rings (SSSR count). The van der Waals surface area contributed by atoms with Gasteiger partial charge in [0.05, 0.1) is 5.69 Å². The lowest BCUT2D eigenvalue weighted by molar-refractivity contribution is 0.450. The molecule has 0 bridgehead atoms. The summed E-state index contributed by atoms with van der Waals surface area (Å²) in [4.78, 5) is 11.5. The zero-order valence-corrected chi connectivity index (χ0v) is 12.9. The van der Waals surface area contributed by atoms with E-state index in [1.807, 2.05) is 6.92 Å². The van der Waals surface area contributed by atoms with Gasteiger partial charge in [-0.3, -0.25) is 0 Å². The minimum Gasteiger partial charge on any atom is -0.436 e. The van der Waals surface area contributed by atoms with Gasteiger partial charge in [-0.15, -0.1) is 5.10 Å². The van der Waals surface area contributed by atoms with Crippen LogP contribution in [0, 0.1) is 32.1 Å². The highest BCUT2D eigenvalue weighted by Gasteiger charge is 2.13. The molecule has 114 valence electrons. The number of benzene rings is 1. The first kappa shape index (κ1) is 14.7. The fourth-order valence-electron chi connectivity index (χ4n) is 2.27. The SMILES string of the molecule is Cc1nnc(Oc2ccc3c(C)cc(=O)oc3c2)c(C#N)c1C. The van der Waals surface area contributed by atoms with Crippen LogP contribution >= 0.6 is 0 Å². The van der Waals surface area contributed by atoms with E-state index in [1.54, 1.807) is 32.0 Å². The van der Waals surface area contributed by atoms with E-state index in [1.165, 1.54) is 6.07 Å². The third-order valence-corrected chi connectivity index (χ3v) is 3.67. The van der Waals surface area contributed by atoms with Gasteiger partial charge in [0, 0.05) is 17.5 Å². The Hall–Kier alpha value is -3.20. The molecule has 1 aromatic carbocycles. The molecule has 0 radical (unpaired) electrons. The molecule has 2 heterocycles. The summed E-state index contributed by atoms with van der Waals surface area (Å²) in [5.74, 6) is 0.547. The Bertz CT molecular complexity index is 1020. The number of rotatable bonds is 2. The van der Waals surface area contributed by atoms with Gasteiger partial charge in [0.1, 0.15) is 23.0 Å². The number of nitrogens with zero attached hydrogens (tertiary/aromatic N) is 3. The van der Waals surface area contributed by atoms with Crippen LogP contribution in [0.25, 0.3) is 11.0 Å². The largest absolute Gasteiger partial charge is 0.436 e. The van der Waals surface area contributed by atoms with Crippen molar-refractivity contribution in [1.82, 2.24) is 10.2 Å². The molecule has 0 saturated heterocycles. The molecule has 0 N–H and O–H groups in total. The van der Waals surface area contributed by atoms with E-state index >= 15 is 0 Å². The van der Waals surface area contributed by atoms with E-state index in [4.69, 9.17) is 9.15 Å². The first-order valence-corrected chi connectivity index (χ1v) is 6.96. The summed E-state index contributed by atoms with van der Waals surface area (Å²) in [5.41, 5.74) is 2.56. The minimum absolute atomic E-state index is 0.130. The van der Waals surface area contributed by atoms with Crippen LogP contribution < -0.4 is 10.4 Å². The maximum atomic E-state index is 11.5. The summed E-state index contributed by atoms with van der Waals surface area (Å²) in [6.07, 6.45) is 0. The number of aromatic nitrogens is 2. The van der Waals surface area contributed by atoms with Gasteiger partial charge in [0.15, 0.2) is 0 Å². The van der Waals surface area contributed by atoms with Crippen LogP contribution in [-0.4, -0.2) is 10.2 Å². The van der Waals surface area contributed by atoms with E-state index < -0.39 is 5.63 Å². The smallest absolute Gasteiger partial charge is 0.336 e. The molecule has 23 heavy (non-hydrogen) atoms. The fourth-order valence-corrected chi connectivity index (χ4v) is 2.27. The summed E-state index contributed by atoms with van der Waals surface area (Å²) in [6.45, 7) is 5.40. The zero-order valence-electron chi connectivity index (χ0n) is 12.9. The van der Waals surface area contributed by atoms with E-state index in [9.17, 15) is 10.1 Å². The third-order valence-electron chi connectivity index (χ3n) is 3.67. The van der Waals surface area contributed by atoms with Gasteiger partial charge in [-0.25, -0.2) is 4.79 Å². The van der Waals surface area contributed by atoms with Crippen LogP contribution in [-0.2, 0) is 0 Å². The topological polar surface area (TPSA) is 89.0 Å². The van der Waals surface area contributed by atoms with Gasteiger partial charge < -0.3 is 9.15 Å². The lowest BCUT2D eigenvalue weighted by Gasteiger charge is -2.09. The highest BCUT2D eigenvalue weighted by molar-refractivity contribution is 5.81. The van der Waals surface area contributed by atoms with Gasteiger partial charge in [0.25, 0.3) is 5.88 Å². The molecule has 6 nitrogen and oxygen atoms in total. The van der Waals surface area contributed by atoms with Gasteiger partial charge in [0.2, 0.25) is 0 Å². The first-order chi connectivity index (χ1) is 11.0. The van der Waals surface area contributed by atoms with Gasteiger partial charge >= 0.3 is 5.63 Å². The molecule has 0 amide bonds. The van der Waals surface area contributed by atoms with E-state index in [-0.39, 0.29) is 5.88 Å². The van der Waals surface area contributed by atoms with E-state index in [0.29, 0.717) is 22.6 Å². The van der Waals surface area contributed by atoms with Crippen LogP contribution in [0.5, 0.6) is 11.6 Å². The molecule has 0 saturated carbocycles. The number of aryl methyl sites for hydroxylation is 2. The van der Waals surface area contributed by atoms with Crippen LogP contribution in [0.4, 0.5) is 0 Å². The average Bonchev–Trinajstić information content (AvgIpc) is 2.51. The van der Waals surface area contributed by atoms with Gasteiger partial charge in [-0.2, -0.15) is 10.4 Å². The lowest BCUT2D eigenvalue weighted by Crippen LogP contribution is -2.01. The predicted octanol–water partition coefficient (Wildman–Crippen LogP) is 3.17.